The number of hydrogen-bond donors (Lipinski definition) is 0. The van der Waals surface area contributed by atoms with Crippen LogP contribution in [0.5, 0.6) is 0 Å². The Morgan fingerprint density at radius 1 is 1.27 bits per heavy atom. The summed E-state index contributed by atoms with van der Waals surface area (Å²) in [5.74, 6) is 1.21. The third-order valence-electron chi connectivity index (χ3n) is 4.41. The maximum Gasteiger partial charge on any atom is 0.191 e. The molecule has 0 aliphatic heterocycles. The molecule has 0 unspecified atom stereocenters. The second-order valence-electron chi connectivity index (χ2n) is 6.26. The zero-order chi connectivity index (χ0) is 18.7. The summed E-state index contributed by atoms with van der Waals surface area (Å²) in [7, 11) is 1.91. The van der Waals surface area contributed by atoms with Crippen LogP contribution in [0.2, 0.25) is 0 Å². The van der Waals surface area contributed by atoms with Gasteiger partial charge in [0.05, 0.1) is 5.75 Å². The highest BCUT2D eigenvalue weighted by Crippen LogP contribution is 2.24. The number of rotatable bonds is 7. The second-order valence-corrected chi connectivity index (χ2v) is 7.20. The summed E-state index contributed by atoms with van der Waals surface area (Å²) in [6.45, 7) is 7.15. The quantitative estimate of drug-likeness (QED) is 0.469. The third kappa shape index (κ3) is 3.58. The van der Waals surface area contributed by atoms with Gasteiger partial charge >= 0.3 is 0 Å². The van der Waals surface area contributed by atoms with Crippen LogP contribution in [-0.4, -0.2) is 35.9 Å². The van der Waals surface area contributed by atoms with Crippen LogP contribution in [0, 0.1) is 13.8 Å². The van der Waals surface area contributed by atoms with E-state index in [4.69, 9.17) is 0 Å². The normalized spacial score (nSPS) is 11.1. The summed E-state index contributed by atoms with van der Waals surface area (Å²) >= 11 is 1.41. The van der Waals surface area contributed by atoms with Gasteiger partial charge in [0.1, 0.15) is 0 Å². The van der Waals surface area contributed by atoms with Gasteiger partial charge in [-0.25, -0.2) is 0 Å². The highest BCUT2D eigenvalue weighted by molar-refractivity contribution is 7.99. The van der Waals surface area contributed by atoms with Crippen molar-refractivity contribution in [1.82, 2.24) is 24.3 Å². The average molecular weight is 369 g/mol. The lowest BCUT2D eigenvalue weighted by atomic mass is 10.2. The van der Waals surface area contributed by atoms with Crippen LogP contribution in [0.25, 0.3) is 11.4 Å². The molecule has 3 aromatic heterocycles. The summed E-state index contributed by atoms with van der Waals surface area (Å²) in [6.07, 6.45) is 4.53. The summed E-state index contributed by atoms with van der Waals surface area (Å²) in [6, 6.07) is 5.80. The molecular weight excluding hydrogens is 346 g/mol. The molecule has 0 atom stereocenters. The fourth-order valence-corrected chi connectivity index (χ4v) is 3.84. The monoisotopic (exact) mass is 369 g/mol. The van der Waals surface area contributed by atoms with Gasteiger partial charge in [-0.05, 0) is 38.5 Å². The van der Waals surface area contributed by atoms with Crippen molar-refractivity contribution in [2.45, 2.75) is 38.9 Å². The largest absolute Gasteiger partial charge is 0.348 e. The summed E-state index contributed by atoms with van der Waals surface area (Å²) in [5, 5.41) is 9.18. The molecule has 26 heavy (non-hydrogen) atoms. The van der Waals surface area contributed by atoms with Gasteiger partial charge in [0, 0.05) is 48.5 Å². The number of pyridine rings is 1. The SMILES string of the molecule is CCCn1c(C)cc(C(=O)CSc2nnc(-c3cccnc3)n2C)c1C. The first-order valence-electron chi connectivity index (χ1n) is 8.65. The molecule has 0 aliphatic carbocycles. The van der Waals surface area contributed by atoms with E-state index in [1.165, 1.54) is 11.8 Å². The van der Waals surface area contributed by atoms with Gasteiger partial charge in [0.25, 0.3) is 0 Å². The molecule has 3 rings (SSSR count). The average Bonchev–Trinajstić information content (AvgIpc) is 3.15. The lowest BCUT2D eigenvalue weighted by Gasteiger charge is -2.07. The molecule has 0 amide bonds. The van der Waals surface area contributed by atoms with Crippen molar-refractivity contribution in [2.24, 2.45) is 7.05 Å². The molecule has 0 aliphatic rings. The van der Waals surface area contributed by atoms with Gasteiger partial charge in [-0.15, -0.1) is 10.2 Å². The predicted molar refractivity (Wildman–Crippen MR) is 103 cm³/mol. The molecule has 0 saturated heterocycles. The predicted octanol–water partition coefficient (Wildman–Crippen LogP) is 3.68. The molecule has 0 bridgehead atoms. The van der Waals surface area contributed by atoms with E-state index in [1.54, 1.807) is 12.4 Å². The van der Waals surface area contributed by atoms with Gasteiger partial charge in [-0.3, -0.25) is 9.78 Å². The van der Waals surface area contributed by atoms with Crippen LogP contribution in [0.15, 0.2) is 35.7 Å². The Kier molecular flexibility index (Phi) is 5.56. The number of Topliss-reactive ketones (excluding diaryl/α,β-unsaturated/α-hetero) is 1. The topological polar surface area (TPSA) is 65.6 Å². The Bertz CT molecular complexity index is 914. The Hall–Kier alpha value is -2.41. The van der Waals surface area contributed by atoms with Crippen molar-refractivity contribution >= 4 is 17.5 Å². The van der Waals surface area contributed by atoms with Gasteiger partial charge < -0.3 is 9.13 Å². The van der Waals surface area contributed by atoms with Crippen LogP contribution in [0.1, 0.15) is 35.1 Å². The van der Waals surface area contributed by atoms with E-state index in [9.17, 15) is 4.79 Å². The van der Waals surface area contributed by atoms with E-state index >= 15 is 0 Å². The standard InChI is InChI=1S/C19H23N5OS/c1-5-9-24-13(2)10-16(14(24)3)17(25)12-26-19-22-21-18(23(19)4)15-7-6-8-20-11-15/h6-8,10-11H,5,9,12H2,1-4H3. The molecule has 136 valence electrons. The maximum absolute atomic E-state index is 12.7. The molecule has 3 heterocycles. The Balaban J connectivity index is 1.73. The van der Waals surface area contributed by atoms with Gasteiger partial charge in [-0.2, -0.15) is 0 Å². The lowest BCUT2D eigenvalue weighted by molar-refractivity contribution is 0.102. The van der Waals surface area contributed by atoms with Gasteiger partial charge in [0.15, 0.2) is 16.8 Å². The molecular formula is C19H23N5OS. The Morgan fingerprint density at radius 2 is 2.08 bits per heavy atom. The number of ketones is 1. The first kappa shape index (κ1) is 18.4. The summed E-state index contributed by atoms with van der Waals surface area (Å²) in [5.41, 5.74) is 3.89. The van der Waals surface area contributed by atoms with E-state index in [-0.39, 0.29) is 5.78 Å². The number of hydrogen-bond acceptors (Lipinski definition) is 5. The summed E-state index contributed by atoms with van der Waals surface area (Å²) < 4.78 is 4.11. The molecule has 0 saturated carbocycles. The van der Waals surface area contributed by atoms with Crippen LogP contribution in [0.3, 0.4) is 0 Å². The Labute approximate surface area is 157 Å². The van der Waals surface area contributed by atoms with Gasteiger partial charge in [0.2, 0.25) is 0 Å². The number of aryl methyl sites for hydroxylation is 1. The minimum Gasteiger partial charge on any atom is -0.348 e. The van der Waals surface area contributed by atoms with Crippen molar-refractivity contribution in [3.63, 3.8) is 0 Å². The first-order valence-corrected chi connectivity index (χ1v) is 9.64. The number of aromatic nitrogens is 5. The molecule has 3 aromatic rings. The third-order valence-corrected chi connectivity index (χ3v) is 5.43. The van der Waals surface area contributed by atoms with E-state index in [1.807, 2.05) is 36.7 Å². The minimum atomic E-state index is 0.122. The second kappa shape index (κ2) is 7.86. The molecule has 6 nitrogen and oxygen atoms in total. The highest BCUT2D eigenvalue weighted by atomic mass is 32.2. The van der Waals surface area contributed by atoms with E-state index < -0.39 is 0 Å². The number of thioether (sulfide) groups is 1. The number of carbonyl (C=O) groups excluding carboxylic acids is 1. The molecule has 0 aromatic carbocycles. The number of carbonyl (C=O) groups is 1. The van der Waals surface area contributed by atoms with Crippen molar-refractivity contribution < 1.29 is 4.79 Å². The smallest absolute Gasteiger partial charge is 0.191 e. The Morgan fingerprint density at radius 3 is 2.77 bits per heavy atom. The minimum absolute atomic E-state index is 0.122. The van der Waals surface area contributed by atoms with Crippen LogP contribution < -0.4 is 0 Å². The molecule has 0 fully saturated rings. The zero-order valence-electron chi connectivity index (χ0n) is 15.6. The van der Waals surface area contributed by atoms with Crippen LogP contribution in [0.4, 0.5) is 0 Å². The number of nitrogens with zero attached hydrogens (tertiary/aromatic N) is 5. The van der Waals surface area contributed by atoms with Gasteiger partial charge in [-0.1, -0.05) is 18.7 Å². The fourth-order valence-electron chi connectivity index (χ4n) is 3.05. The van der Waals surface area contributed by atoms with Crippen LogP contribution in [-0.2, 0) is 13.6 Å². The van der Waals surface area contributed by atoms with E-state index in [2.05, 4.69) is 33.6 Å². The lowest BCUT2D eigenvalue weighted by Crippen LogP contribution is -2.07. The molecule has 7 heteroatoms. The van der Waals surface area contributed by atoms with E-state index in [0.717, 1.165) is 46.5 Å². The van der Waals surface area contributed by atoms with Crippen molar-refractivity contribution in [3.8, 4) is 11.4 Å². The summed E-state index contributed by atoms with van der Waals surface area (Å²) in [4.78, 5) is 16.8. The first-order chi connectivity index (χ1) is 12.5. The van der Waals surface area contributed by atoms with E-state index in [0.29, 0.717) is 5.75 Å². The van der Waals surface area contributed by atoms with Crippen molar-refractivity contribution in [1.29, 1.82) is 0 Å². The van der Waals surface area contributed by atoms with Crippen LogP contribution >= 0.6 is 11.8 Å². The molecule has 0 spiro atoms. The fraction of sp³-hybridized carbons (Fsp3) is 0.368. The zero-order valence-corrected chi connectivity index (χ0v) is 16.4. The molecule has 0 N–H and O–H groups in total. The maximum atomic E-state index is 12.7. The van der Waals surface area contributed by atoms with Crippen molar-refractivity contribution in [2.75, 3.05) is 5.75 Å². The van der Waals surface area contributed by atoms with Crippen molar-refractivity contribution in [3.05, 3.63) is 47.5 Å². The highest BCUT2D eigenvalue weighted by Gasteiger charge is 2.18. The molecule has 0 radical (unpaired) electrons.